The molecule has 1 heterocycles. The zero-order chi connectivity index (χ0) is 14.4. The van der Waals surface area contributed by atoms with Crippen LogP contribution in [0.5, 0.6) is 0 Å². The Bertz CT molecular complexity index is 487. The number of thiocarbonyl (C=S) groups is 1. The summed E-state index contributed by atoms with van der Waals surface area (Å²) >= 11 is 5.25. The summed E-state index contributed by atoms with van der Waals surface area (Å²) in [6.45, 7) is 0.430. The van der Waals surface area contributed by atoms with E-state index in [-0.39, 0.29) is 5.56 Å². The van der Waals surface area contributed by atoms with E-state index in [1.165, 1.54) is 31.5 Å². The third-order valence-electron chi connectivity index (χ3n) is 3.43. The maximum absolute atomic E-state index is 10.9. The number of carboxylic acid groups (broad SMARTS) is 1. The SMILES string of the molecule is O=C(O)c1ccnc(CNC(=S)NC2CCCCC2)c1. The average molecular weight is 293 g/mol. The molecule has 1 aliphatic rings. The molecule has 1 saturated carbocycles. The van der Waals surface area contributed by atoms with Gasteiger partial charge < -0.3 is 15.7 Å². The lowest BCUT2D eigenvalue weighted by Gasteiger charge is -2.24. The Hall–Kier alpha value is -1.69. The van der Waals surface area contributed by atoms with E-state index in [1.54, 1.807) is 6.07 Å². The van der Waals surface area contributed by atoms with Crippen LogP contribution in [-0.2, 0) is 6.54 Å². The molecule has 0 radical (unpaired) electrons. The van der Waals surface area contributed by atoms with Crippen LogP contribution in [-0.4, -0.2) is 27.2 Å². The van der Waals surface area contributed by atoms with Crippen molar-refractivity contribution >= 4 is 23.3 Å². The number of carboxylic acids is 1. The smallest absolute Gasteiger partial charge is 0.335 e. The van der Waals surface area contributed by atoms with Crippen molar-refractivity contribution in [3.05, 3.63) is 29.6 Å². The Morgan fingerprint density at radius 3 is 2.85 bits per heavy atom. The van der Waals surface area contributed by atoms with Gasteiger partial charge in [-0.15, -0.1) is 0 Å². The molecule has 0 saturated heterocycles. The fourth-order valence-electron chi connectivity index (χ4n) is 2.36. The lowest BCUT2D eigenvalue weighted by atomic mass is 9.96. The number of aromatic nitrogens is 1. The Kier molecular flexibility index (Phi) is 5.29. The highest BCUT2D eigenvalue weighted by molar-refractivity contribution is 7.80. The standard InChI is InChI=1S/C14H19N3O2S/c18-13(19)10-6-7-15-12(8-10)9-16-14(20)17-11-4-2-1-3-5-11/h6-8,11H,1-5,9H2,(H,18,19)(H2,16,17,20). The lowest BCUT2D eigenvalue weighted by molar-refractivity contribution is 0.0696. The second-order valence-corrected chi connectivity index (χ2v) is 5.41. The number of aromatic carboxylic acids is 1. The van der Waals surface area contributed by atoms with Crippen LogP contribution < -0.4 is 10.6 Å². The first-order chi connectivity index (χ1) is 9.65. The van der Waals surface area contributed by atoms with Crippen molar-refractivity contribution < 1.29 is 9.90 Å². The predicted molar refractivity (Wildman–Crippen MR) is 80.6 cm³/mol. The highest BCUT2D eigenvalue weighted by Crippen LogP contribution is 2.17. The van der Waals surface area contributed by atoms with Gasteiger partial charge >= 0.3 is 5.97 Å². The largest absolute Gasteiger partial charge is 0.478 e. The predicted octanol–water partition coefficient (Wildman–Crippen LogP) is 2.08. The molecule has 108 valence electrons. The van der Waals surface area contributed by atoms with Gasteiger partial charge in [0.1, 0.15) is 0 Å². The highest BCUT2D eigenvalue weighted by Gasteiger charge is 2.13. The minimum Gasteiger partial charge on any atom is -0.478 e. The quantitative estimate of drug-likeness (QED) is 0.738. The van der Waals surface area contributed by atoms with Gasteiger partial charge in [0.05, 0.1) is 17.8 Å². The van der Waals surface area contributed by atoms with Gasteiger partial charge in [-0.2, -0.15) is 0 Å². The van der Waals surface area contributed by atoms with Gasteiger partial charge in [0.15, 0.2) is 5.11 Å². The number of rotatable bonds is 4. The van der Waals surface area contributed by atoms with Gasteiger partial charge in [-0.25, -0.2) is 4.79 Å². The van der Waals surface area contributed by atoms with Crippen LogP contribution in [0.4, 0.5) is 0 Å². The maximum atomic E-state index is 10.9. The van der Waals surface area contributed by atoms with Crippen LogP contribution in [0.3, 0.4) is 0 Å². The van der Waals surface area contributed by atoms with Gasteiger partial charge in [-0.3, -0.25) is 4.98 Å². The number of pyridine rings is 1. The zero-order valence-electron chi connectivity index (χ0n) is 11.3. The van der Waals surface area contributed by atoms with Crippen LogP contribution in [0.15, 0.2) is 18.3 Å². The van der Waals surface area contributed by atoms with E-state index in [0.717, 1.165) is 12.8 Å². The summed E-state index contributed by atoms with van der Waals surface area (Å²) in [4.78, 5) is 15.0. The van der Waals surface area contributed by atoms with E-state index in [2.05, 4.69) is 15.6 Å². The van der Waals surface area contributed by atoms with Crippen molar-refractivity contribution in [2.75, 3.05) is 0 Å². The van der Waals surface area contributed by atoms with E-state index in [4.69, 9.17) is 17.3 Å². The summed E-state index contributed by atoms with van der Waals surface area (Å²) in [5.74, 6) is -0.948. The summed E-state index contributed by atoms with van der Waals surface area (Å²) in [5.41, 5.74) is 0.903. The van der Waals surface area contributed by atoms with Crippen LogP contribution in [0, 0.1) is 0 Å². The van der Waals surface area contributed by atoms with Crippen molar-refractivity contribution in [3.8, 4) is 0 Å². The number of hydrogen-bond acceptors (Lipinski definition) is 3. The number of nitrogens with zero attached hydrogens (tertiary/aromatic N) is 1. The maximum Gasteiger partial charge on any atom is 0.335 e. The zero-order valence-corrected chi connectivity index (χ0v) is 12.1. The lowest BCUT2D eigenvalue weighted by Crippen LogP contribution is -2.42. The van der Waals surface area contributed by atoms with E-state index < -0.39 is 5.97 Å². The summed E-state index contributed by atoms with van der Waals surface area (Å²) in [6.07, 6.45) is 7.64. The molecule has 20 heavy (non-hydrogen) atoms. The molecule has 0 aromatic carbocycles. The van der Waals surface area contributed by atoms with Gasteiger partial charge in [0, 0.05) is 12.2 Å². The highest BCUT2D eigenvalue weighted by atomic mass is 32.1. The topological polar surface area (TPSA) is 74.2 Å². The molecule has 0 spiro atoms. The van der Waals surface area contributed by atoms with Gasteiger partial charge in [-0.05, 0) is 37.2 Å². The Morgan fingerprint density at radius 2 is 2.15 bits per heavy atom. The summed E-state index contributed by atoms with van der Waals surface area (Å²) in [7, 11) is 0. The van der Waals surface area contributed by atoms with Crippen molar-refractivity contribution in [2.45, 2.75) is 44.7 Å². The van der Waals surface area contributed by atoms with Gasteiger partial charge in [0.25, 0.3) is 0 Å². The molecule has 2 rings (SSSR count). The first-order valence-electron chi connectivity index (χ1n) is 6.88. The van der Waals surface area contributed by atoms with Gasteiger partial charge in [-0.1, -0.05) is 19.3 Å². The van der Waals surface area contributed by atoms with E-state index in [1.807, 2.05) is 0 Å². The molecule has 1 aromatic heterocycles. The minimum atomic E-state index is -0.948. The molecular formula is C14H19N3O2S. The Morgan fingerprint density at radius 1 is 1.40 bits per heavy atom. The normalized spacial score (nSPS) is 15.6. The monoisotopic (exact) mass is 293 g/mol. The van der Waals surface area contributed by atoms with E-state index in [9.17, 15) is 4.79 Å². The molecule has 0 aliphatic heterocycles. The molecule has 5 nitrogen and oxygen atoms in total. The average Bonchev–Trinajstić information content (AvgIpc) is 2.46. The third-order valence-corrected chi connectivity index (χ3v) is 3.70. The van der Waals surface area contributed by atoms with E-state index >= 15 is 0 Å². The van der Waals surface area contributed by atoms with Crippen LogP contribution >= 0.6 is 12.2 Å². The summed E-state index contributed by atoms with van der Waals surface area (Å²) < 4.78 is 0. The fourth-order valence-corrected chi connectivity index (χ4v) is 2.60. The molecule has 1 fully saturated rings. The number of nitrogens with one attached hydrogen (secondary N) is 2. The molecule has 1 aliphatic carbocycles. The van der Waals surface area contributed by atoms with Crippen LogP contribution in [0.2, 0.25) is 0 Å². The third kappa shape index (κ3) is 4.45. The molecular weight excluding hydrogens is 274 g/mol. The van der Waals surface area contributed by atoms with E-state index in [0.29, 0.717) is 23.4 Å². The second-order valence-electron chi connectivity index (χ2n) is 5.00. The van der Waals surface area contributed by atoms with Gasteiger partial charge in [0.2, 0.25) is 0 Å². The van der Waals surface area contributed by atoms with Crippen LogP contribution in [0.1, 0.15) is 48.2 Å². The summed E-state index contributed by atoms with van der Waals surface area (Å²) in [5, 5.41) is 15.9. The second kappa shape index (κ2) is 7.19. The number of hydrogen-bond donors (Lipinski definition) is 3. The molecule has 1 aromatic rings. The summed E-state index contributed by atoms with van der Waals surface area (Å²) in [6, 6.07) is 3.49. The van der Waals surface area contributed by atoms with Crippen molar-refractivity contribution in [2.24, 2.45) is 0 Å². The minimum absolute atomic E-state index is 0.239. The molecule has 6 heteroatoms. The van der Waals surface area contributed by atoms with Crippen LogP contribution in [0.25, 0.3) is 0 Å². The molecule has 0 atom stereocenters. The fraction of sp³-hybridized carbons (Fsp3) is 0.500. The van der Waals surface area contributed by atoms with Crippen molar-refractivity contribution in [3.63, 3.8) is 0 Å². The number of carbonyl (C=O) groups is 1. The molecule has 0 amide bonds. The molecule has 3 N–H and O–H groups in total. The first kappa shape index (κ1) is 14.7. The molecule has 0 unspecified atom stereocenters. The molecule has 0 bridgehead atoms. The van der Waals surface area contributed by atoms with Crippen molar-refractivity contribution in [1.82, 2.24) is 15.6 Å². The first-order valence-corrected chi connectivity index (χ1v) is 7.28. The Balaban J connectivity index is 1.80. The van der Waals surface area contributed by atoms with Crippen molar-refractivity contribution in [1.29, 1.82) is 0 Å². The Labute approximate surface area is 123 Å².